The minimum Gasteiger partial charge on any atom is -0.487 e. The summed E-state index contributed by atoms with van der Waals surface area (Å²) in [6.07, 6.45) is 0.176. The Balaban J connectivity index is 1.48. The van der Waals surface area contributed by atoms with Gasteiger partial charge in [0.2, 0.25) is 0 Å². The standard InChI is InChI=1S/C36H31ClN2O4S/c1-36(2,35(40)41)21-33-34(44(42)29-9-4-3-5-10-29)30-20-28(43-23-27-17-14-25-8-6-7-11-31(25)38-27)18-19-32(30)39(33)22-24-12-15-26(37)16-13-24/h3-20H,21-23H2,1-2H3,(H,40,41). The van der Waals surface area contributed by atoms with Crippen molar-refractivity contribution in [1.29, 1.82) is 0 Å². The molecule has 4 aromatic carbocycles. The molecule has 222 valence electrons. The molecule has 0 spiro atoms. The fourth-order valence-electron chi connectivity index (χ4n) is 5.28. The van der Waals surface area contributed by atoms with Crippen LogP contribution in [0.25, 0.3) is 21.8 Å². The van der Waals surface area contributed by atoms with Crippen LogP contribution in [0.15, 0.2) is 119 Å². The SMILES string of the molecule is CC(C)(Cc1c(S(=O)c2ccccc2)c2cc(OCc3ccc4ccccc4n3)ccc2n1Cc1ccc(Cl)cc1)C(=O)O. The molecule has 6 rings (SSSR count). The van der Waals surface area contributed by atoms with Crippen LogP contribution in [0, 0.1) is 5.41 Å². The van der Waals surface area contributed by atoms with E-state index < -0.39 is 22.2 Å². The summed E-state index contributed by atoms with van der Waals surface area (Å²) in [7, 11) is -1.59. The van der Waals surface area contributed by atoms with Gasteiger partial charge in [-0.2, -0.15) is 0 Å². The highest BCUT2D eigenvalue weighted by Gasteiger charge is 2.33. The number of rotatable bonds is 10. The van der Waals surface area contributed by atoms with Gasteiger partial charge in [-0.25, -0.2) is 9.19 Å². The molecule has 1 unspecified atom stereocenters. The third-order valence-corrected chi connectivity index (χ3v) is 9.50. The van der Waals surface area contributed by atoms with E-state index in [1.807, 2.05) is 109 Å². The van der Waals surface area contributed by atoms with Gasteiger partial charge in [-0.05, 0) is 74.0 Å². The van der Waals surface area contributed by atoms with E-state index in [1.165, 1.54) is 0 Å². The monoisotopic (exact) mass is 622 g/mol. The molecule has 0 radical (unpaired) electrons. The average molecular weight is 623 g/mol. The quantitative estimate of drug-likeness (QED) is 0.166. The number of hydrogen-bond acceptors (Lipinski definition) is 4. The Morgan fingerprint density at radius 2 is 1.66 bits per heavy atom. The Kier molecular flexibility index (Phi) is 8.25. The summed E-state index contributed by atoms with van der Waals surface area (Å²) in [6, 6.07) is 34.5. The van der Waals surface area contributed by atoms with Gasteiger partial charge in [-0.1, -0.05) is 66.2 Å². The first kappa shape index (κ1) is 29.6. The Labute approximate surface area is 263 Å². The molecule has 1 atom stereocenters. The number of ether oxygens (including phenoxy) is 1. The highest BCUT2D eigenvalue weighted by molar-refractivity contribution is 7.85. The minimum atomic E-state index is -1.59. The number of carbonyl (C=O) groups is 1. The Bertz CT molecular complexity index is 2000. The minimum absolute atomic E-state index is 0.176. The molecule has 0 amide bonds. The van der Waals surface area contributed by atoms with E-state index in [9.17, 15) is 14.1 Å². The predicted molar refractivity (Wildman–Crippen MR) is 175 cm³/mol. The smallest absolute Gasteiger partial charge is 0.309 e. The van der Waals surface area contributed by atoms with Crippen LogP contribution < -0.4 is 4.74 Å². The van der Waals surface area contributed by atoms with Crippen LogP contribution >= 0.6 is 11.6 Å². The summed E-state index contributed by atoms with van der Waals surface area (Å²) >= 11 is 6.17. The maximum Gasteiger partial charge on any atom is 0.309 e. The fourth-order valence-corrected chi connectivity index (χ4v) is 6.81. The number of benzene rings is 4. The molecule has 0 saturated heterocycles. The van der Waals surface area contributed by atoms with Crippen LogP contribution in [-0.2, 0) is 35.2 Å². The lowest BCUT2D eigenvalue weighted by molar-refractivity contribution is -0.146. The second-order valence-electron chi connectivity index (χ2n) is 11.4. The summed E-state index contributed by atoms with van der Waals surface area (Å²) in [5.41, 5.74) is 3.11. The number of hydrogen-bond donors (Lipinski definition) is 1. The molecular formula is C36H31ClN2O4S. The summed E-state index contributed by atoms with van der Waals surface area (Å²) in [5.74, 6) is -0.324. The molecule has 2 heterocycles. The van der Waals surface area contributed by atoms with Gasteiger partial charge in [-0.15, -0.1) is 0 Å². The van der Waals surface area contributed by atoms with Crippen LogP contribution in [0.3, 0.4) is 0 Å². The van der Waals surface area contributed by atoms with E-state index in [0.29, 0.717) is 32.8 Å². The van der Waals surface area contributed by atoms with Crippen molar-refractivity contribution in [2.45, 2.75) is 43.2 Å². The highest BCUT2D eigenvalue weighted by Crippen LogP contribution is 2.38. The number of fused-ring (bicyclic) bond motifs is 2. The summed E-state index contributed by atoms with van der Waals surface area (Å²) < 4.78 is 22.7. The number of para-hydroxylation sites is 1. The molecule has 0 aliphatic heterocycles. The van der Waals surface area contributed by atoms with Gasteiger partial charge in [0.1, 0.15) is 12.4 Å². The zero-order valence-electron chi connectivity index (χ0n) is 24.4. The summed E-state index contributed by atoms with van der Waals surface area (Å²) in [6.45, 7) is 4.10. The van der Waals surface area contributed by atoms with Gasteiger partial charge in [0, 0.05) is 39.4 Å². The van der Waals surface area contributed by atoms with Gasteiger partial charge in [0.05, 0.1) is 37.8 Å². The first-order chi connectivity index (χ1) is 21.2. The molecular weight excluding hydrogens is 592 g/mol. The van der Waals surface area contributed by atoms with Crippen LogP contribution in [0.4, 0.5) is 0 Å². The number of halogens is 1. The normalized spacial score (nSPS) is 12.4. The number of nitrogens with zero attached hydrogens (tertiary/aromatic N) is 2. The van der Waals surface area contributed by atoms with E-state index in [-0.39, 0.29) is 13.0 Å². The molecule has 0 bridgehead atoms. The maximum atomic E-state index is 14.3. The maximum absolute atomic E-state index is 14.3. The molecule has 0 fully saturated rings. The van der Waals surface area contributed by atoms with Gasteiger partial charge in [-0.3, -0.25) is 4.79 Å². The van der Waals surface area contributed by atoms with Crippen molar-refractivity contribution in [2.24, 2.45) is 5.41 Å². The van der Waals surface area contributed by atoms with E-state index in [2.05, 4.69) is 4.57 Å². The molecule has 0 aliphatic carbocycles. The van der Waals surface area contributed by atoms with Crippen molar-refractivity contribution in [1.82, 2.24) is 9.55 Å². The van der Waals surface area contributed by atoms with Crippen LogP contribution in [0.5, 0.6) is 5.75 Å². The zero-order valence-corrected chi connectivity index (χ0v) is 25.9. The molecule has 1 N–H and O–H groups in total. The van der Waals surface area contributed by atoms with E-state index in [4.69, 9.17) is 21.3 Å². The third-order valence-electron chi connectivity index (χ3n) is 7.72. The van der Waals surface area contributed by atoms with E-state index in [1.54, 1.807) is 13.8 Å². The van der Waals surface area contributed by atoms with Crippen molar-refractivity contribution < 1.29 is 18.8 Å². The largest absolute Gasteiger partial charge is 0.487 e. The second-order valence-corrected chi connectivity index (χ2v) is 13.3. The molecule has 6 aromatic rings. The van der Waals surface area contributed by atoms with Gasteiger partial charge in [0.15, 0.2) is 0 Å². The third kappa shape index (κ3) is 6.11. The van der Waals surface area contributed by atoms with Gasteiger partial charge < -0.3 is 14.4 Å². The highest BCUT2D eigenvalue weighted by atomic mass is 35.5. The molecule has 0 saturated carbocycles. The molecule has 2 aromatic heterocycles. The van der Waals surface area contributed by atoms with Crippen molar-refractivity contribution >= 4 is 50.2 Å². The number of carboxylic acid groups (broad SMARTS) is 1. The second kappa shape index (κ2) is 12.3. The van der Waals surface area contributed by atoms with Gasteiger partial charge in [0.25, 0.3) is 0 Å². The Morgan fingerprint density at radius 3 is 2.41 bits per heavy atom. The van der Waals surface area contributed by atoms with E-state index >= 15 is 0 Å². The van der Waals surface area contributed by atoms with Crippen molar-refractivity contribution in [3.05, 3.63) is 131 Å². The molecule has 0 aliphatic rings. The lowest BCUT2D eigenvalue weighted by Crippen LogP contribution is -2.28. The number of carboxylic acids is 1. The molecule has 6 nitrogen and oxygen atoms in total. The van der Waals surface area contributed by atoms with Crippen LogP contribution in [-0.4, -0.2) is 24.8 Å². The summed E-state index contributed by atoms with van der Waals surface area (Å²) in [4.78, 5) is 18.3. The lowest BCUT2D eigenvalue weighted by Gasteiger charge is -2.22. The zero-order chi connectivity index (χ0) is 30.8. The first-order valence-corrected chi connectivity index (χ1v) is 15.8. The Morgan fingerprint density at radius 1 is 0.932 bits per heavy atom. The van der Waals surface area contributed by atoms with Crippen LogP contribution in [0.1, 0.15) is 30.8 Å². The van der Waals surface area contributed by atoms with Gasteiger partial charge >= 0.3 is 5.97 Å². The van der Waals surface area contributed by atoms with Crippen LogP contribution in [0.2, 0.25) is 5.02 Å². The fraction of sp³-hybridized carbons (Fsp3) is 0.167. The lowest BCUT2D eigenvalue weighted by atomic mass is 9.88. The first-order valence-electron chi connectivity index (χ1n) is 14.3. The molecule has 44 heavy (non-hydrogen) atoms. The number of pyridine rings is 1. The topological polar surface area (TPSA) is 81.4 Å². The van der Waals surface area contributed by atoms with Crippen molar-refractivity contribution in [2.75, 3.05) is 0 Å². The predicted octanol–water partition coefficient (Wildman–Crippen LogP) is 8.29. The summed E-state index contributed by atoms with van der Waals surface area (Å²) in [5, 5.41) is 12.5. The van der Waals surface area contributed by atoms with E-state index in [0.717, 1.165) is 33.1 Å². The number of aliphatic carboxylic acids is 1. The van der Waals surface area contributed by atoms with Crippen molar-refractivity contribution in [3.8, 4) is 5.75 Å². The average Bonchev–Trinajstić information content (AvgIpc) is 3.32. The Hall–Kier alpha value is -4.46. The molecule has 8 heteroatoms. The van der Waals surface area contributed by atoms with Crippen molar-refractivity contribution in [3.63, 3.8) is 0 Å². The number of aromatic nitrogens is 2.